The molecule has 2 amide bonds. The number of β-lactam (4-membered cyclic amide) rings is 1. The molecule has 0 spiro atoms. The number of carbonyl (C=O) groups is 3. The second-order valence-corrected chi connectivity index (χ2v) is 9.81. The molecular formula is C19H24N4O7S. The number of fused-ring (bicyclic) bond motifs is 1. The number of hydrogen-bond acceptors (Lipinski definition) is 9. The van der Waals surface area contributed by atoms with Gasteiger partial charge in [-0.1, -0.05) is 6.07 Å². The van der Waals surface area contributed by atoms with Gasteiger partial charge >= 0.3 is 12.1 Å². The zero-order valence-electron chi connectivity index (χ0n) is 17.3. The molecule has 31 heavy (non-hydrogen) atoms. The molecular weight excluding hydrogens is 428 g/mol. The minimum absolute atomic E-state index is 0.0121. The SMILES string of the molecule is CNCCNC(=O)OC[C@@]1(C)[C@H](OC(C)=O)N2C(=O)/C(=C/c3ccccn3)[C@H]2S1(=O)=O. The Morgan fingerprint density at radius 2 is 2.06 bits per heavy atom. The van der Waals surface area contributed by atoms with E-state index >= 15 is 0 Å². The Morgan fingerprint density at radius 1 is 1.32 bits per heavy atom. The summed E-state index contributed by atoms with van der Waals surface area (Å²) < 4.78 is 35.3. The van der Waals surface area contributed by atoms with Gasteiger partial charge in [0.05, 0.1) is 11.3 Å². The van der Waals surface area contributed by atoms with E-state index in [0.29, 0.717) is 12.2 Å². The number of sulfone groups is 1. The number of nitrogens with zero attached hydrogens (tertiary/aromatic N) is 2. The molecule has 0 saturated carbocycles. The van der Waals surface area contributed by atoms with Crippen molar-refractivity contribution in [3.05, 3.63) is 35.7 Å². The van der Waals surface area contributed by atoms with E-state index in [1.807, 2.05) is 0 Å². The lowest BCUT2D eigenvalue weighted by Crippen LogP contribution is -2.58. The highest BCUT2D eigenvalue weighted by Gasteiger charge is 2.72. The van der Waals surface area contributed by atoms with Crippen molar-refractivity contribution in [1.29, 1.82) is 0 Å². The van der Waals surface area contributed by atoms with Crippen LogP contribution < -0.4 is 10.6 Å². The highest BCUT2D eigenvalue weighted by atomic mass is 32.2. The largest absolute Gasteiger partial charge is 0.448 e. The Balaban J connectivity index is 1.90. The van der Waals surface area contributed by atoms with E-state index in [0.717, 1.165) is 11.8 Å². The summed E-state index contributed by atoms with van der Waals surface area (Å²) in [5.74, 6) is -1.35. The summed E-state index contributed by atoms with van der Waals surface area (Å²) >= 11 is 0. The normalized spacial score (nSPS) is 27.4. The number of aromatic nitrogens is 1. The topological polar surface area (TPSA) is 144 Å². The molecule has 2 N–H and O–H groups in total. The first-order valence-electron chi connectivity index (χ1n) is 9.54. The number of rotatable bonds is 7. The van der Waals surface area contributed by atoms with Crippen LogP contribution in [0.25, 0.3) is 6.08 Å². The summed E-state index contributed by atoms with van der Waals surface area (Å²) in [4.78, 5) is 41.5. The van der Waals surface area contributed by atoms with Crippen LogP contribution in [0.3, 0.4) is 0 Å². The van der Waals surface area contributed by atoms with Crippen molar-refractivity contribution in [2.24, 2.45) is 0 Å². The van der Waals surface area contributed by atoms with Crippen molar-refractivity contribution in [3.8, 4) is 0 Å². The molecule has 0 radical (unpaired) electrons. The van der Waals surface area contributed by atoms with Gasteiger partial charge in [0.15, 0.2) is 20.0 Å². The van der Waals surface area contributed by atoms with Gasteiger partial charge in [0.2, 0.25) is 6.23 Å². The smallest absolute Gasteiger partial charge is 0.407 e. The zero-order valence-corrected chi connectivity index (χ0v) is 18.1. The quantitative estimate of drug-likeness (QED) is 0.246. The van der Waals surface area contributed by atoms with Crippen molar-refractivity contribution < 1.29 is 32.3 Å². The van der Waals surface area contributed by atoms with Gasteiger partial charge in [0, 0.05) is 26.2 Å². The monoisotopic (exact) mass is 452 g/mol. The molecule has 1 aromatic heterocycles. The van der Waals surface area contributed by atoms with Crippen molar-refractivity contribution in [2.45, 2.75) is 30.2 Å². The van der Waals surface area contributed by atoms with Gasteiger partial charge in [-0.15, -0.1) is 0 Å². The first-order valence-corrected chi connectivity index (χ1v) is 11.1. The number of likely N-dealkylation sites (N-methyl/N-ethyl adjacent to an activating group) is 1. The number of hydrogen-bond donors (Lipinski definition) is 2. The predicted octanol–water partition coefficient (Wildman–Crippen LogP) is -0.345. The molecule has 3 rings (SSSR count). The van der Waals surface area contributed by atoms with E-state index in [1.165, 1.54) is 19.2 Å². The van der Waals surface area contributed by atoms with Crippen molar-refractivity contribution in [1.82, 2.24) is 20.5 Å². The van der Waals surface area contributed by atoms with Gasteiger partial charge in [0.25, 0.3) is 5.91 Å². The molecule has 2 aliphatic rings. The fraction of sp³-hybridized carbons (Fsp3) is 0.474. The lowest BCUT2D eigenvalue weighted by molar-refractivity contribution is -0.168. The van der Waals surface area contributed by atoms with Crippen LogP contribution in [0.2, 0.25) is 0 Å². The third-order valence-corrected chi connectivity index (χ3v) is 7.81. The summed E-state index contributed by atoms with van der Waals surface area (Å²) in [6.07, 6.45) is 0.655. The molecule has 3 atom stereocenters. The Labute approximate surface area is 179 Å². The molecule has 2 saturated heterocycles. The maximum absolute atomic E-state index is 13.4. The Kier molecular flexibility index (Phi) is 6.32. The maximum Gasteiger partial charge on any atom is 0.407 e. The summed E-state index contributed by atoms with van der Waals surface area (Å²) in [5, 5.41) is 3.98. The average molecular weight is 452 g/mol. The van der Waals surface area contributed by atoms with Crippen LogP contribution in [0.5, 0.6) is 0 Å². The average Bonchev–Trinajstić information content (AvgIpc) is 2.87. The second-order valence-electron chi connectivity index (χ2n) is 7.34. The highest BCUT2D eigenvalue weighted by Crippen LogP contribution is 2.49. The number of amides is 2. The van der Waals surface area contributed by atoms with Crippen molar-refractivity contribution in [2.75, 3.05) is 26.7 Å². The van der Waals surface area contributed by atoms with E-state index in [4.69, 9.17) is 9.47 Å². The summed E-state index contributed by atoms with van der Waals surface area (Å²) in [7, 11) is -2.42. The van der Waals surface area contributed by atoms with Crippen LogP contribution in [-0.2, 0) is 28.9 Å². The molecule has 0 aromatic carbocycles. The molecule has 3 heterocycles. The Morgan fingerprint density at radius 3 is 2.68 bits per heavy atom. The predicted molar refractivity (Wildman–Crippen MR) is 109 cm³/mol. The summed E-state index contributed by atoms with van der Waals surface area (Å²) in [6, 6.07) is 5.03. The summed E-state index contributed by atoms with van der Waals surface area (Å²) in [6.45, 7) is 2.57. The van der Waals surface area contributed by atoms with Gasteiger partial charge in [-0.25, -0.2) is 13.2 Å². The lowest BCUT2D eigenvalue weighted by atomic mass is 10.0. The molecule has 12 heteroatoms. The summed E-state index contributed by atoms with van der Waals surface area (Å²) in [5.41, 5.74) is 0.427. The van der Waals surface area contributed by atoms with E-state index in [9.17, 15) is 22.8 Å². The van der Waals surface area contributed by atoms with E-state index in [-0.39, 0.29) is 12.1 Å². The van der Waals surface area contributed by atoms with Crippen LogP contribution in [0, 0.1) is 0 Å². The second kappa shape index (κ2) is 8.63. The minimum atomic E-state index is -4.13. The van der Waals surface area contributed by atoms with E-state index in [1.54, 1.807) is 25.2 Å². The van der Waals surface area contributed by atoms with Crippen LogP contribution in [0.4, 0.5) is 4.79 Å². The van der Waals surface area contributed by atoms with Crippen LogP contribution in [0.15, 0.2) is 30.0 Å². The standard InChI is InChI=1S/C19H24N4O7S/c1-12(24)30-17-19(2,11-29-18(26)22-9-8-20-3)31(27,28)16-14(15(25)23(16)17)10-13-6-4-5-7-21-13/h4-7,10,16-17,20H,8-9,11H2,1-3H3,(H,22,26)/b14-10-/t16-,17+,19+/m1/s1. The van der Waals surface area contributed by atoms with Gasteiger partial charge in [-0.05, 0) is 32.2 Å². The van der Waals surface area contributed by atoms with Crippen LogP contribution in [-0.4, -0.2) is 79.4 Å². The van der Waals surface area contributed by atoms with Crippen LogP contribution in [0.1, 0.15) is 19.5 Å². The van der Waals surface area contributed by atoms with Crippen molar-refractivity contribution >= 4 is 33.9 Å². The third kappa shape index (κ3) is 4.00. The molecule has 0 unspecified atom stereocenters. The number of nitrogens with one attached hydrogen (secondary N) is 2. The van der Waals surface area contributed by atoms with Gasteiger partial charge in [-0.3, -0.25) is 19.5 Å². The maximum atomic E-state index is 13.4. The number of pyridine rings is 1. The fourth-order valence-corrected chi connectivity index (χ4v) is 5.66. The highest BCUT2D eigenvalue weighted by molar-refractivity contribution is 7.94. The van der Waals surface area contributed by atoms with Gasteiger partial charge in [0.1, 0.15) is 6.61 Å². The van der Waals surface area contributed by atoms with E-state index < -0.39 is 50.8 Å². The van der Waals surface area contributed by atoms with Gasteiger partial charge < -0.3 is 20.1 Å². The molecule has 168 valence electrons. The lowest BCUT2D eigenvalue weighted by Gasteiger charge is -2.38. The molecule has 1 aromatic rings. The molecule has 0 bridgehead atoms. The minimum Gasteiger partial charge on any atom is -0.448 e. The zero-order chi connectivity index (χ0) is 22.8. The van der Waals surface area contributed by atoms with Crippen LogP contribution >= 0.6 is 0 Å². The molecule has 2 aliphatic heterocycles. The Bertz CT molecular complexity index is 1010. The van der Waals surface area contributed by atoms with Gasteiger partial charge in [-0.2, -0.15) is 0 Å². The number of esters is 1. The van der Waals surface area contributed by atoms with Crippen molar-refractivity contribution in [3.63, 3.8) is 0 Å². The third-order valence-electron chi connectivity index (χ3n) is 5.12. The first-order chi connectivity index (χ1) is 14.6. The Hall–Kier alpha value is -2.99. The molecule has 2 fully saturated rings. The molecule has 11 nitrogen and oxygen atoms in total. The fourth-order valence-electron chi connectivity index (χ4n) is 3.48. The first kappa shape index (κ1) is 22.7. The number of carbonyl (C=O) groups excluding carboxylic acids is 3. The number of ether oxygens (including phenoxy) is 2. The van der Waals surface area contributed by atoms with E-state index in [2.05, 4.69) is 15.6 Å². The molecule has 0 aliphatic carbocycles. The number of alkyl carbamates (subject to hydrolysis) is 1.